The summed E-state index contributed by atoms with van der Waals surface area (Å²) in [6.07, 6.45) is 8.48. The lowest BCUT2D eigenvalue weighted by Gasteiger charge is -2.60. The molecule has 0 saturated heterocycles. The summed E-state index contributed by atoms with van der Waals surface area (Å²) in [5.41, 5.74) is 0.112. The highest BCUT2D eigenvalue weighted by molar-refractivity contribution is 5.86. The van der Waals surface area contributed by atoms with Gasteiger partial charge in [-0.25, -0.2) is 0 Å². The van der Waals surface area contributed by atoms with Crippen LogP contribution in [0.3, 0.4) is 0 Å². The van der Waals surface area contributed by atoms with Crippen molar-refractivity contribution >= 4 is 11.9 Å². The van der Waals surface area contributed by atoms with Crippen LogP contribution < -0.4 is 0 Å². The summed E-state index contributed by atoms with van der Waals surface area (Å²) >= 11 is 0. The van der Waals surface area contributed by atoms with Crippen LogP contribution in [0.5, 0.6) is 0 Å². The zero-order chi connectivity index (χ0) is 16.6. The molecular weight excluding hydrogens is 294 g/mol. The first-order valence-electron chi connectivity index (χ1n) is 9.12. The van der Waals surface area contributed by atoms with Gasteiger partial charge in [0.15, 0.2) is 0 Å². The second-order valence-electron chi connectivity index (χ2n) is 7.57. The van der Waals surface area contributed by atoms with Gasteiger partial charge in [0.1, 0.15) is 0 Å². The minimum absolute atomic E-state index is 0.0357. The lowest BCUT2D eigenvalue weighted by atomic mass is 9.54. The molecule has 4 unspecified atom stereocenters. The molecule has 0 bridgehead atoms. The molecule has 5 heteroatoms. The monoisotopic (exact) mass is 323 g/mol. The first-order chi connectivity index (χ1) is 11.0. The van der Waals surface area contributed by atoms with Crippen molar-refractivity contribution in [2.45, 2.75) is 70.4 Å². The Morgan fingerprint density at radius 3 is 2.35 bits per heavy atom. The Bertz CT molecular complexity index is 472. The van der Waals surface area contributed by atoms with E-state index in [9.17, 15) is 14.7 Å². The zero-order valence-corrected chi connectivity index (χ0v) is 14.3. The van der Waals surface area contributed by atoms with Crippen molar-refractivity contribution in [1.82, 2.24) is 4.90 Å². The van der Waals surface area contributed by atoms with Crippen LogP contribution in [0.15, 0.2) is 0 Å². The minimum atomic E-state index is -0.823. The highest BCUT2D eigenvalue weighted by atomic mass is 16.5. The number of carbonyl (C=O) groups is 2. The number of nitrogens with zero attached hydrogens (tertiary/aromatic N) is 1. The molecule has 3 rings (SSSR count). The molecule has 1 N–H and O–H groups in total. The van der Waals surface area contributed by atoms with Gasteiger partial charge in [-0.3, -0.25) is 9.59 Å². The van der Waals surface area contributed by atoms with Gasteiger partial charge in [0.05, 0.1) is 17.9 Å². The number of carboxylic acid groups (broad SMARTS) is 1. The van der Waals surface area contributed by atoms with Gasteiger partial charge in [0.25, 0.3) is 0 Å². The number of ether oxygens (including phenoxy) is 1. The van der Waals surface area contributed by atoms with Gasteiger partial charge in [-0.15, -0.1) is 0 Å². The van der Waals surface area contributed by atoms with E-state index in [4.69, 9.17) is 4.74 Å². The maximum Gasteiger partial charge on any atom is 0.307 e. The molecule has 3 aliphatic carbocycles. The van der Waals surface area contributed by atoms with Crippen molar-refractivity contribution in [3.05, 3.63) is 0 Å². The second-order valence-corrected chi connectivity index (χ2v) is 7.57. The standard InChI is InChI=1S/C18H29NO4/c1-3-23-15-11-14(18(15)9-5-4-6-10-18)19(2)16(20)12-7-8-13(12)17(21)22/h12-15H,3-11H2,1-2H3,(H,21,22). The van der Waals surface area contributed by atoms with Crippen LogP contribution in [0, 0.1) is 17.3 Å². The molecule has 4 atom stereocenters. The maximum atomic E-state index is 12.8. The third kappa shape index (κ3) is 2.67. The fourth-order valence-corrected chi connectivity index (χ4v) is 5.08. The van der Waals surface area contributed by atoms with E-state index >= 15 is 0 Å². The lowest BCUT2D eigenvalue weighted by Crippen LogP contribution is -2.66. The molecule has 0 aromatic carbocycles. The smallest absolute Gasteiger partial charge is 0.307 e. The van der Waals surface area contributed by atoms with E-state index in [2.05, 4.69) is 0 Å². The van der Waals surface area contributed by atoms with Crippen LogP contribution in [0.4, 0.5) is 0 Å². The predicted octanol–water partition coefficient (Wildman–Crippen LogP) is 2.68. The predicted molar refractivity (Wildman–Crippen MR) is 86.0 cm³/mol. The molecule has 0 heterocycles. The first-order valence-corrected chi connectivity index (χ1v) is 9.12. The van der Waals surface area contributed by atoms with Crippen molar-refractivity contribution in [3.63, 3.8) is 0 Å². The fraction of sp³-hybridized carbons (Fsp3) is 0.889. The van der Waals surface area contributed by atoms with Gasteiger partial charge < -0.3 is 14.7 Å². The minimum Gasteiger partial charge on any atom is -0.481 e. The molecule has 1 spiro atoms. The van der Waals surface area contributed by atoms with E-state index in [0.29, 0.717) is 6.42 Å². The molecular formula is C18H29NO4. The molecule has 23 heavy (non-hydrogen) atoms. The Morgan fingerprint density at radius 1 is 1.17 bits per heavy atom. The molecule has 0 aromatic rings. The van der Waals surface area contributed by atoms with Gasteiger partial charge >= 0.3 is 5.97 Å². The number of carboxylic acids is 1. The van der Waals surface area contributed by atoms with E-state index in [1.54, 1.807) is 0 Å². The quantitative estimate of drug-likeness (QED) is 0.845. The van der Waals surface area contributed by atoms with Crippen molar-refractivity contribution in [2.24, 2.45) is 17.3 Å². The Hall–Kier alpha value is -1.10. The summed E-state index contributed by atoms with van der Waals surface area (Å²) in [5, 5.41) is 9.21. The molecule has 3 fully saturated rings. The Labute approximate surface area is 138 Å². The van der Waals surface area contributed by atoms with Gasteiger partial charge in [0.2, 0.25) is 5.91 Å². The van der Waals surface area contributed by atoms with Crippen LogP contribution in [-0.4, -0.2) is 47.7 Å². The summed E-state index contributed by atoms with van der Waals surface area (Å²) in [7, 11) is 1.88. The third-order valence-corrected chi connectivity index (χ3v) is 6.62. The van der Waals surface area contributed by atoms with Crippen LogP contribution in [0.1, 0.15) is 58.3 Å². The van der Waals surface area contributed by atoms with E-state index in [1.807, 2.05) is 18.9 Å². The van der Waals surface area contributed by atoms with Crippen molar-refractivity contribution in [3.8, 4) is 0 Å². The van der Waals surface area contributed by atoms with Crippen LogP contribution in [-0.2, 0) is 14.3 Å². The number of hydrogen-bond acceptors (Lipinski definition) is 3. The normalized spacial score (nSPS) is 35.2. The topological polar surface area (TPSA) is 66.8 Å². The Morgan fingerprint density at radius 2 is 1.83 bits per heavy atom. The summed E-state index contributed by atoms with van der Waals surface area (Å²) < 4.78 is 5.96. The highest BCUT2D eigenvalue weighted by Gasteiger charge is 2.58. The zero-order valence-electron chi connectivity index (χ0n) is 14.3. The molecule has 0 aliphatic heterocycles. The number of rotatable bonds is 5. The van der Waals surface area contributed by atoms with Gasteiger partial charge in [0, 0.05) is 25.1 Å². The molecule has 3 aliphatic rings. The van der Waals surface area contributed by atoms with Gasteiger partial charge in [-0.1, -0.05) is 19.3 Å². The highest BCUT2D eigenvalue weighted by Crippen LogP contribution is 2.55. The number of carbonyl (C=O) groups excluding carboxylic acids is 1. The Balaban J connectivity index is 1.70. The van der Waals surface area contributed by atoms with Crippen molar-refractivity contribution in [1.29, 1.82) is 0 Å². The second kappa shape index (κ2) is 6.42. The SMILES string of the molecule is CCOC1CC(N(C)C(=O)C2CCC2C(=O)O)C12CCCCC2. The van der Waals surface area contributed by atoms with Crippen LogP contribution in [0.2, 0.25) is 0 Å². The molecule has 3 saturated carbocycles. The number of aliphatic carboxylic acids is 1. The molecule has 5 nitrogen and oxygen atoms in total. The van der Waals surface area contributed by atoms with E-state index < -0.39 is 11.9 Å². The largest absolute Gasteiger partial charge is 0.481 e. The lowest BCUT2D eigenvalue weighted by molar-refractivity contribution is -0.190. The summed E-state index contributed by atoms with van der Waals surface area (Å²) in [4.78, 5) is 25.9. The average Bonchev–Trinajstić information content (AvgIpc) is 2.49. The number of hydrogen-bond donors (Lipinski definition) is 1. The molecule has 0 aromatic heterocycles. The number of amides is 1. The fourth-order valence-electron chi connectivity index (χ4n) is 5.08. The van der Waals surface area contributed by atoms with E-state index in [-0.39, 0.29) is 29.4 Å². The average molecular weight is 323 g/mol. The van der Waals surface area contributed by atoms with Crippen molar-refractivity contribution < 1.29 is 19.4 Å². The maximum absolute atomic E-state index is 12.8. The molecule has 0 radical (unpaired) electrons. The van der Waals surface area contributed by atoms with Crippen LogP contribution >= 0.6 is 0 Å². The van der Waals surface area contributed by atoms with Crippen molar-refractivity contribution in [2.75, 3.05) is 13.7 Å². The summed E-state index contributed by atoms with van der Waals surface area (Å²) in [5.74, 6) is -1.58. The first kappa shape index (κ1) is 16.7. The summed E-state index contributed by atoms with van der Waals surface area (Å²) in [6, 6.07) is 0.224. The third-order valence-electron chi connectivity index (χ3n) is 6.62. The van der Waals surface area contributed by atoms with E-state index in [1.165, 1.54) is 19.3 Å². The van der Waals surface area contributed by atoms with Gasteiger partial charge in [-0.2, -0.15) is 0 Å². The van der Waals surface area contributed by atoms with Gasteiger partial charge in [-0.05, 0) is 39.0 Å². The molecule has 130 valence electrons. The van der Waals surface area contributed by atoms with Crippen LogP contribution in [0.25, 0.3) is 0 Å². The summed E-state index contributed by atoms with van der Waals surface area (Å²) in [6.45, 7) is 2.76. The molecule has 1 amide bonds. The van der Waals surface area contributed by atoms with E-state index in [0.717, 1.165) is 32.3 Å². The Kier molecular flexibility index (Phi) is 4.68.